The molecule has 0 bridgehead atoms. The van der Waals surface area contributed by atoms with Crippen molar-refractivity contribution in [1.82, 2.24) is 14.5 Å². The van der Waals surface area contributed by atoms with E-state index in [2.05, 4.69) is 9.97 Å². The van der Waals surface area contributed by atoms with Crippen LogP contribution in [-0.2, 0) is 0 Å². The minimum Gasteiger partial charge on any atom is -0.395 e. The SMILES string of the molecule is Nc1ncn([C@@H]2S[C@H](CO)C[C@H]2F)c(=O)n1. The van der Waals surface area contributed by atoms with Crippen molar-refractivity contribution < 1.29 is 9.50 Å². The highest BCUT2D eigenvalue weighted by Gasteiger charge is 2.36. The van der Waals surface area contributed by atoms with Crippen LogP contribution in [-0.4, -0.2) is 37.7 Å². The number of rotatable bonds is 2. The van der Waals surface area contributed by atoms with Crippen molar-refractivity contribution in [3.05, 3.63) is 16.8 Å². The fourth-order valence-electron chi connectivity index (χ4n) is 1.59. The van der Waals surface area contributed by atoms with Crippen molar-refractivity contribution in [3.8, 4) is 0 Å². The molecule has 1 saturated heterocycles. The molecule has 0 radical (unpaired) electrons. The molecule has 0 unspecified atom stereocenters. The van der Waals surface area contributed by atoms with Crippen molar-refractivity contribution in [2.24, 2.45) is 0 Å². The second-order valence-corrected chi connectivity index (χ2v) is 4.91. The first kappa shape index (κ1) is 11.3. The van der Waals surface area contributed by atoms with E-state index in [1.165, 1.54) is 18.1 Å². The predicted octanol–water partition coefficient (Wildman–Crippen LogP) is -0.445. The van der Waals surface area contributed by atoms with Gasteiger partial charge in [-0.05, 0) is 6.42 Å². The Morgan fingerprint density at radius 3 is 3.06 bits per heavy atom. The summed E-state index contributed by atoms with van der Waals surface area (Å²) in [6.07, 6.45) is 0.226. The second kappa shape index (κ2) is 4.38. The van der Waals surface area contributed by atoms with Crippen LogP contribution in [0.4, 0.5) is 10.3 Å². The monoisotopic (exact) mass is 246 g/mol. The Morgan fingerprint density at radius 1 is 1.75 bits per heavy atom. The lowest BCUT2D eigenvalue weighted by Crippen LogP contribution is -2.29. The molecule has 1 fully saturated rings. The summed E-state index contributed by atoms with van der Waals surface area (Å²) >= 11 is 1.21. The zero-order valence-corrected chi connectivity index (χ0v) is 9.10. The molecule has 1 aliphatic rings. The number of hydrogen-bond donors (Lipinski definition) is 2. The fourth-order valence-corrected chi connectivity index (χ4v) is 2.93. The minimum absolute atomic E-state index is 0.105. The summed E-state index contributed by atoms with van der Waals surface area (Å²) in [7, 11) is 0. The van der Waals surface area contributed by atoms with Gasteiger partial charge in [-0.1, -0.05) is 0 Å². The van der Waals surface area contributed by atoms with Gasteiger partial charge in [-0.25, -0.2) is 14.2 Å². The zero-order chi connectivity index (χ0) is 11.7. The lowest BCUT2D eigenvalue weighted by molar-refractivity contribution is 0.248. The van der Waals surface area contributed by atoms with E-state index in [-0.39, 0.29) is 24.2 Å². The molecule has 0 saturated carbocycles. The van der Waals surface area contributed by atoms with Crippen LogP contribution in [0.1, 0.15) is 11.8 Å². The maximum atomic E-state index is 13.6. The van der Waals surface area contributed by atoms with Crippen molar-refractivity contribution in [2.45, 2.75) is 23.2 Å². The van der Waals surface area contributed by atoms with E-state index in [1.54, 1.807) is 0 Å². The predicted molar refractivity (Wildman–Crippen MR) is 57.7 cm³/mol. The standard InChI is InChI=1S/C8H11FN4O2S/c9-5-1-4(2-14)16-6(5)13-3-11-7(10)12-8(13)15/h3-6,14H,1-2H2,(H2,10,12,15)/t4-,5+,6+/m0/s1. The number of aliphatic hydroxyl groups is 1. The minimum atomic E-state index is -1.19. The van der Waals surface area contributed by atoms with Crippen LogP contribution in [0.25, 0.3) is 0 Å². The van der Waals surface area contributed by atoms with Gasteiger partial charge in [0.25, 0.3) is 0 Å². The third-order valence-electron chi connectivity index (χ3n) is 2.35. The number of halogens is 1. The van der Waals surface area contributed by atoms with Crippen LogP contribution in [0.3, 0.4) is 0 Å². The van der Waals surface area contributed by atoms with Gasteiger partial charge < -0.3 is 10.8 Å². The van der Waals surface area contributed by atoms with Gasteiger partial charge in [0.2, 0.25) is 5.95 Å². The van der Waals surface area contributed by atoms with Crippen molar-refractivity contribution in [1.29, 1.82) is 0 Å². The molecule has 16 heavy (non-hydrogen) atoms. The van der Waals surface area contributed by atoms with Crippen LogP contribution in [0, 0.1) is 0 Å². The first-order chi connectivity index (χ1) is 7.61. The van der Waals surface area contributed by atoms with Gasteiger partial charge >= 0.3 is 5.69 Å². The maximum absolute atomic E-state index is 13.6. The molecule has 1 aliphatic heterocycles. The van der Waals surface area contributed by atoms with Gasteiger partial charge in [-0.2, -0.15) is 4.98 Å². The fraction of sp³-hybridized carbons (Fsp3) is 0.625. The number of aliphatic hydroxyl groups excluding tert-OH is 1. The van der Waals surface area contributed by atoms with Crippen molar-refractivity contribution >= 4 is 17.7 Å². The van der Waals surface area contributed by atoms with E-state index in [0.717, 1.165) is 4.57 Å². The van der Waals surface area contributed by atoms with Crippen molar-refractivity contribution in [3.63, 3.8) is 0 Å². The van der Waals surface area contributed by atoms with Gasteiger partial charge in [-0.3, -0.25) is 4.57 Å². The van der Waals surface area contributed by atoms with E-state index in [1.807, 2.05) is 0 Å². The molecule has 3 atom stereocenters. The van der Waals surface area contributed by atoms with Crippen LogP contribution < -0.4 is 11.4 Å². The third kappa shape index (κ3) is 2.03. The molecular weight excluding hydrogens is 235 g/mol. The van der Waals surface area contributed by atoms with Gasteiger partial charge in [0.15, 0.2) is 0 Å². The Morgan fingerprint density at radius 2 is 2.50 bits per heavy atom. The number of nitrogen functional groups attached to an aromatic ring is 1. The molecule has 8 heteroatoms. The molecule has 3 N–H and O–H groups in total. The zero-order valence-electron chi connectivity index (χ0n) is 8.28. The number of thioether (sulfide) groups is 1. The first-order valence-corrected chi connectivity index (χ1v) is 5.67. The van der Waals surface area contributed by atoms with E-state index in [0.29, 0.717) is 0 Å². The molecule has 88 valence electrons. The van der Waals surface area contributed by atoms with Crippen LogP contribution in [0.5, 0.6) is 0 Å². The highest BCUT2D eigenvalue weighted by Crippen LogP contribution is 2.42. The molecule has 2 rings (SSSR count). The number of alkyl halides is 1. The van der Waals surface area contributed by atoms with E-state index >= 15 is 0 Å². The number of nitrogens with two attached hydrogens (primary N) is 1. The molecule has 1 aromatic rings. The largest absolute Gasteiger partial charge is 0.395 e. The van der Waals surface area contributed by atoms with E-state index < -0.39 is 17.2 Å². The molecule has 6 nitrogen and oxygen atoms in total. The highest BCUT2D eigenvalue weighted by atomic mass is 32.2. The van der Waals surface area contributed by atoms with Gasteiger partial charge in [0.05, 0.1) is 6.61 Å². The molecule has 0 amide bonds. The smallest absolute Gasteiger partial charge is 0.353 e. The Bertz CT molecular complexity index is 440. The number of aromatic nitrogens is 3. The van der Waals surface area contributed by atoms with Crippen LogP contribution in [0.2, 0.25) is 0 Å². The van der Waals surface area contributed by atoms with Crippen LogP contribution >= 0.6 is 11.8 Å². The summed E-state index contributed by atoms with van der Waals surface area (Å²) in [4.78, 5) is 18.5. The topological polar surface area (TPSA) is 94.0 Å². The Kier molecular flexibility index (Phi) is 3.10. The summed E-state index contributed by atoms with van der Waals surface area (Å²) in [6, 6.07) is 0. The third-order valence-corrected chi connectivity index (χ3v) is 3.88. The lowest BCUT2D eigenvalue weighted by Gasteiger charge is -2.14. The average molecular weight is 246 g/mol. The number of hydrogen-bond acceptors (Lipinski definition) is 6. The maximum Gasteiger partial charge on any atom is 0.353 e. The Hall–Kier alpha value is -1.15. The van der Waals surface area contributed by atoms with Crippen molar-refractivity contribution in [2.75, 3.05) is 12.3 Å². The summed E-state index contributed by atoms with van der Waals surface area (Å²) in [5.41, 5.74) is 4.62. The summed E-state index contributed by atoms with van der Waals surface area (Å²) < 4.78 is 14.7. The summed E-state index contributed by atoms with van der Waals surface area (Å²) in [5, 5.41) is 8.07. The summed E-state index contributed by atoms with van der Waals surface area (Å²) in [6.45, 7) is -0.105. The molecule has 0 aromatic carbocycles. The quantitative estimate of drug-likeness (QED) is 0.734. The molecule has 0 aliphatic carbocycles. The Balaban J connectivity index is 2.28. The number of anilines is 1. The van der Waals surface area contributed by atoms with Gasteiger partial charge in [-0.15, -0.1) is 11.8 Å². The number of nitrogens with zero attached hydrogens (tertiary/aromatic N) is 3. The molecule has 1 aromatic heterocycles. The van der Waals surface area contributed by atoms with Crippen LogP contribution in [0.15, 0.2) is 11.1 Å². The van der Waals surface area contributed by atoms with E-state index in [4.69, 9.17) is 10.8 Å². The lowest BCUT2D eigenvalue weighted by atomic mass is 10.2. The highest BCUT2D eigenvalue weighted by molar-refractivity contribution is 8.00. The van der Waals surface area contributed by atoms with E-state index in [9.17, 15) is 9.18 Å². The molecular formula is C8H11FN4O2S. The van der Waals surface area contributed by atoms with Gasteiger partial charge in [0.1, 0.15) is 17.9 Å². The molecule has 2 heterocycles. The Labute approximate surface area is 94.7 Å². The molecule has 0 spiro atoms. The average Bonchev–Trinajstić information content (AvgIpc) is 2.60. The first-order valence-electron chi connectivity index (χ1n) is 4.73. The van der Waals surface area contributed by atoms with Gasteiger partial charge in [0, 0.05) is 5.25 Å². The summed E-state index contributed by atoms with van der Waals surface area (Å²) in [5.74, 6) is -0.127. The second-order valence-electron chi connectivity index (χ2n) is 3.49. The normalized spacial score (nSPS) is 29.5.